The standard InChI is InChI=1S/C12H14N4O2/c1-3-12(17)14-11-6-9(15-16-11)8-4-5-13-7-10(8)18-2/h4-7H,3H2,1-2H3,(H2,14,15,16,17). The highest BCUT2D eigenvalue weighted by Gasteiger charge is 2.09. The maximum atomic E-state index is 11.3. The van der Waals surface area contributed by atoms with Gasteiger partial charge in [-0.1, -0.05) is 6.92 Å². The maximum Gasteiger partial charge on any atom is 0.225 e. The van der Waals surface area contributed by atoms with Gasteiger partial charge in [0.25, 0.3) is 0 Å². The van der Waals surface area contributed by atoms with Crippen molar-refractivity contribution in [2.75, 3.05) is 12.4 Å². The Labute approximate surface area is 104 Å². The molecule has 1 amide bonds. The Bertz CT molecular complexity index is 551. The molecule has 0 bridgehead atoms. The third kappa shape index (κ3) is 2.48. The smallest absolute Gasteiger partial charge is 0.225 e. The summed E-state index contributed by atoms with van der Waals surface area (Å²) in [6.45, 7) is 1.79. The number of hydrogen-bond acceptors (Lipinski definition) is 4. The van der Waals surface area contributed by atoms with Gasteiger partial charge in [0, 0.05) is 24.2 Å². The fraction of sp³-hybridized carbons (Fsp3) is 0.250. The zero-order valence-electron chi connectivity index (χ0n) is 10.2. The largest absolute Gasteiger partial charge is 0.494 e. The molecule has 6 nitrogen and oxygen atoms in total. The number of H-pyrrole nitrogens is 1. The molecule has 2 N–H and O–H groups in total. The highest BCUT2D eigenvalue weighted by molar-refractivity contribution is 5.90. The van der Waals surface area contributed by atoms with Gasteiger partial charge in [-0.3, -0.25) is 14.9 Å². The van der Waals surface area contributed by atoms with Crippen LogP contribution in [0.2, 0.25) is 0 Å². The zero-order valence-corrected chi connectivity index (χ0v) is 10.2. The third-order valence-corrected chi connectivity index (χ3v) is 2.46. The molecule has 18 heavy (non-hydrogen) atoms. The second kappa shape index (κ2) is 5.31. The van der Waals surface area contributed by atoms with Gasteiger partial charge >= 0.3 is 0 Å². The second-order valence-electron chi connectivity index (χ2n) is 3.64. The minimum atomic E-state index is -0.0743. The van der Waals surface area contributed by atoms with E-state index in [0.717, 1.165) is 11.3 Å². The van der Waals surface area contributed by atoms with Crippen molar-refractivity contribution >= 4 is 11.7 Å². The number of rotatable bonds is 4. The molecule has 0 aliphatic rings. The first-order chi connectivity index (χ1) is 8.74. The molecule has 2 heterocycles. The molecule has 0 radical (unpaired) electrons. The number of ether oxygens (including phenoxy) is 1. The minimum absolute atomic E-state index is 0.0743. The van der Waals surface area contributed by atoms with E-state index in [-0.39, 0.29) is 5.91 Å². The van der Waals surface area contributed by atoms with Crippen molar-refractivity contribution in [3.05, 3.63) is 24.5 Å². The van der Waals surface area contributed by atoms with Crippen molar-refractivity contribution in [1.29, 1.82) is 0 Å². The molecule has 6 heteroatoms. The average Bonchev–Trinajstić information content (AvgIpc) is 2.86. The highest BCUT2D eigenvalue weighted by atomic mass is 16.5. The van der Waals surface area contributed by atoms with Gasteiger partial charge in [0.15, 0.2) is 5.82 Å². The predicted molar refractivity (Wildman–Crippen MR) is 67.3 cm³/mol. The molecule has 2 rings (SSSR count). The van der Waals surface area contributed by atoms with Crippen molar-refractivity contribution in [3.8, 4) is 17.0 Å². The normalized spacial score (nSPS) is 10.1. The lowest BCUT2D eigenvalue weighted by Crippen LogP contribution is -2.09. The van der Waals surface area contributed by atoms with E-state index >= 15 is 0 Å². The Balaban J connectivity index is 2.26. The lowest BCUT2D eigenvalue weighted by Gasteiger charge is -2.04. The van der Waals surface area contributed by atoms with E-state index in [4.69, 9.17) is 4.74 Å². The summed E-state index contributed by atoms with van der Waals surface area (Å²) >= 11 is 0. The van der Waals surface area contributed by atoms with Crippen LogP contribution in [0.25, 0.3) is 11.3 Å². The molecule has 2 aromatic heterocycles. The monoisotopic (exact) mass is 246 g/mol. The Kier molecular flexibility index (Phi) is 3.57. The van der Waals surface area contributed by atoms with Crippen molar-refractivity contribution < 1.29 is 9.53 Å². The van der Waals surface area contributed by atoms with Gasteiger partial charge in [0.1, 0.15) is 5.75 Å². The SMILES string of the molecule is CCC(=O)Nc1cc(-c2ccncc2OC)[nH]n1. The molecular weight excluding hydrogens is 232 g/mol. The highest BCUT2D eigenvalue weighted by Crippen LogP contribution is 2.28. The molecule has 94 valence electrons. The Morgan fingerprint density at radius 2 is 2.39 bits per heavy atom. The second-order valence-corrected chi connectivity index (χ2v) is 3.64. The van der Waals surface area contributed by atoms with E-state index in [9.17, 15) is 4.79 Å². The molecule has 0 spiro atoms. The van der Waals surface area contributed by atoms with Gasteiger partial charge in [-0.2, -0.15) is 5.10 Å². The first-order valence-corrected chi connectivity index (χ1v) is 5.58. The van der Waals surface area contributed by atoms with E-state index in [1.54, 1.807) is 32.5 Å². The molecule has 0 aromatic carbocycles. The third-order valence-electron chi connectivity index (χ3n) is 2.46. The summed E-state index contributed by atoms with van der Waals surface area (Å²) in [5, 5.41) is 9.56. The van der Waals surface area contributed by atoms with Crippen LogP contribution in [0.15, 0.2) is 24.5 Å². The molecule has 0 atom stereocenters. The number of methoxy groups -OCH3 is 1. The number of carbonyl (C=O) groups excluding carboxylic acids is 1. The number of aromatic amines is 1. The summed E-state index contributed by atoms with van der Waals surface area (Å²) in [6.07, 6.45) is 3.71. The van der Waals surface area contributed by atoms with Gasteiger partial charge < -0.3 is 10.1 Å². The zero-order chi connectivity index (χ0) is 13.0. The maximum absolute atomic E-state index is 11.3. The molecular formula is C12H14N4O2. The number of nitrogens with zero attached hydrogens (tertiary/aromatic N) is 2. The minimum Gasteiger partial charge on any atom is -0.494 e. The Hall–Kier alpha value is -2.37. The summed E-state index contributed by atoms with van der Waals surface area (Å²) in [6, 6.07) is 3.57. The van der Waals surface area contributed by atoms with Gasteiger partial charge in [0.2, 0.25) is 5.91 Å². The topological polar surface area (TPSA) is 79.9 Å². The first-order valence-electron chi connectivity index (χ1n) is 5.58. The number of pyridine rings is 1. The van der Waals surface area contributed by atoms with Gasteiger partial charge in [-0.05, 0) is 6.07 Å². The first kappa shape index (κ1) is 12.1. The molecule has 0 unspecified atom stereocenters. The van der Waals surface area contributed by atoms with Crippen LogP contribution in [-0.2, 0) is 4.79 Å². The fourth-order valence-electron chi connectivity index (χ4n) is 1.52. The molecule has 0 fully saturated rings. The van der Waals surface area contributed by atoms with Crippen molar-refractivity contribution in [2.24, 2.45) is 0 Å². The summed E-state index contributed by atoms with van der Waals surface area (Å²) < 4.78 is 5.21. The summed E-state index contributed by atoms with van der Waals surface area (Å²) in [5.74, 6) is 1.07. The molecule has 0 saturated carbocycles. The van der Waals surface area contributed by atoms with Crippen molar-refractivity contribution in [2.45, 2.75) is 13.3 Å². The lowest BCUT2D eigenvalue weighted by molar-refractivity contribution is -0.115. The van der Waals surface area contributed by atoms with Crippen LogP contribution in [-0.4, -0.2) is 28.2 Å². The summed E-state index contributed by atoms with van der Waals surface area (Å²) in [5.41, 5.74) is 1.61. The summed E-state index contributed by atoms with van der Waals surface area (Å²) in [7, 11) is 1.58. The quantitative estimate of drug-likeness (QED) is 0.862. The van der Waals surface area contributed by atoms with E-state index in [2.05, 4.69) is 20.5 Å². The number of aromatic nitrogens is 3. The molecule has 2 aromatic rings. The van der Waals surface area contributed by atoms with Gasteiger partial charge in [-0.25, -0.2) is 0 Å². The predicted octanol–water partition coefficient (Wildman–Crippen LogP) is 1.83. The molecule has 0 saturated heterocycles. The number of hydrogen-bond donors (Lipinski definition) is 2. The molecule has 0 aliphatic carbocycles. The van der Waals surface area contributed by atoms with Gasteiger partial charge in [0.05, 0.1) is 19.0 Å². The van der Waals surface area contributed by atoms with E-state index in [1.165, 1.54) is 0 Å². The summed E-state index contributed by atoms with van der Waals surface area (Å²) in [4.78, 5) is 15.2. The van der Waals surface area contributed by atoms with Crippen LogP contribution in [0, 0.1) is 0 Å². The fourth-order valence-corrected chi connectivity index (χ4v) is 1.52. The number of nitrogens with one attached hydrogen (secondary N) is 2. The van der Waals surface area contributed by atoms with Crippen LogP contribution in [0.1, 0.15) is 13.3 Å². The average molecular weight is 246 g/mol. The van der Waals surface area contributed by atoms with Crippen LogP contribution in [0.3, 0.4) is 0 Å². The van der Waals surface area contributed by atoms with E-state index in [0.29, 0.717) is 18.0 Å². The number of carbonyl (C=O) groups is 1. The lowest BCUT2D eigenvalue weighted by atomic mass is 10.2. The Morgan fingerprint density at radius 1 is 1.56 bits per heavy atom. The number of amides is 1. The Morgan fingerprint density at radius 3 is 3.11 bits per heavy atom. The van der Waals surface area contributed by atoms with Crippen LogP contribution < -0.4 is 10.1 Å². The van der Waals surface area contributed by atoms with Crippen LogP contribution >= 0.6 is 0 Å². The van der Waals surface area contributed by atoms with Crippen LogP contribution in [0.4, 0.5) is 5.82 Å². The van der Waals surface area contributed by atoms with Crippen molar-refractivity contribution in [3.63, 3.8) is 0 Å². The number of anilines is 1. The van der Waals surface area contributed by atoms with Gasteiger partial charge in [-0.15, -0.1) is 0 Å². The van der Waals surface area contributed by atoms with E-state index in [1.807, 2.05) is 6.07 Å². The van der Waals surface area contributed by atoms with Crippen LogP contribution in [0.5, 0.6) is 5.75 Å². The van der Waals surface area contributed by atoms with E-state index < -0.39 is 0 Å². The molecule has 0 aliphatic heterocycles. The van der Waals surface area contributed by atoms with Crippen molar-refractivity contribution in [1.82, 2.24) is 15.2 Å².